The molecule has 0 spiro atoms. The summed E-state index contributed by atoms with van der Waals surface area (Å²) < 4.78 is 18.4. The fourth-order valence-electron chi connectivity index (χ4n) is 5.75. The van der Waals surface area contributed by atoms with E-state index < -0.39 is 49.8 Å². The van der Waals surface area contributed by atoms with Crippen molar-refractivity contribution in [3.8, 4) is 5.75 Å². The van der Waals surface area contributed by atoms with Crippen molar-refractivity contribution in [1.82, 2.24) is 14.9 Å². The number of hydrogen-bond acceptors (Lipinski definition) is 8. The Hall–Kier alpha value is -3.67. The van der Waals surface area contributed by atoms with Gasteiger partial charge in [0.05, 0.1) is 13.0 Å². The lowest BCUT2D eigenvalue weighted by Crippen LogP contribution is -2.76. The first kappa shape index (κ1) is 38.8. The van der Waals surface area contributed by atoms with E-state index in [0.29, 0.717) is 12.1 Å². The van der Waals surface area contributed by atoms with Crippen LogP contribution in [0.1, 0.15) is 84.6 Å². The number of aromatic nitrogens is 1. The van der Waals surface area contributed by atoms with Gasteiger partial charge in [0.25, 0.3) is 11.7 Å². The Labute approximate surface area is 287 Å². The zero-order valence-electron chi connectivity index (χ0n) is 31.3. The number of rotatable bonds is 10. The van der Waals surface area contributed by atoms with Crippen LogP contribution in [0.5, 0.6) is 5.75 Å². The third-order valence-corrected chi connectivity index (χ3v) is 14.5. The van der Waals surface area contributed by atoms with E-state index in [1.54, 1.807) is 60.8 Å². The van der Waals surface area contributed by atoms with Gasteiger partial charge in [-0.3, -0.25) is 24.2 Å². The summed E-state index contributed by atoms with van der Waals surface area (Å²) >= 11 is 0. The lowest BCUT2D eigenvalue weighted by atomic mass is 9.46. The molecule has 0 saturated carbocycles. The summed E-state index contributed by atoms with van der Waals surface area (Å²) in [6, 6.07) is 6.58. The van der Waals surface area contributed by atoms with Gasteiger partial charge in [0, 0.05) is 18.3 Å². The highest BCUT2D eigenvalue weighted by Crippen LogP contribution is 2.45. The largest absolute Gasteiger partial charge is 0.497 e. The van der Waals surface area contributed by atoms with Crippen molar-refractivity contribution in [2.75, 3.05) is 7.11 Å². The summed E-state index contributed by atoms with van der Waals surface area (Å²) in [5.74, 6) is -1.71. The number of benzene rings is 1. The number of β-lactam (4-membered cyclic amide) rings is 1. The quantitative estimate of drug-likeness (QED) is 0.235. The maximum Gasteiger partial charge on any atom is 0.460 e. The zero-order valence-corrected chi connectivity index (χ0v) is 32.3. The van der Waals surface area contributed by atoms with Gasteiger partial charge in [0.2, 0.25) is 11.8 Å². The van der Waals surface area contributed by atoms with Gasteiger partial charge in [-0.1, -0.05) is 33.9 Å². The Bertz CT molecular complexity index is 1500. The summed E-state index contributed by atoms with van der Waals surface area (Å²) in [6.07, 6.45) is 1.74. The van der Waals surface area contributed by atoms with Gasteiger partial charge >= 0.3 is 6.71 Å². The molecular formula is C36H54BN3O7Si. The van der Waals surface area contributed by atoms with Crippen LogP contribution in [0.3, 0.4) is 0 Å². The maximum atomic E-state index is 14.1. The van der Waals surface area contributed by atoms with Gasteiger partial charge in [0.15, 0.2) is 8.24 Å². The predicted molar refractivity (Wildman–Crippen MR) is 191 cm³/mol. The Balaban J connectivity index is 1.97. The molecular weight excluding hydrogens is 625 g/mol. The number of pyridine rings is 1. The second-order valence-corrected chi connectivity index (χ2v) is 21.4. The van der Waals surface area contributed by atoms with Gasteiger partial charge in [-0.05, 0) is 113 Å². The Kier molecular flexibility index (Phi) is 11.4. The number of hydrogen-bond donors (Lipinski definition) is 1. The molecule has 0 radical (unpaired) electrons. The molecule has 1 fully saturated rings. The van der Waals surface area contributed by atoms with Crippen LogP contribution in [0.25, 0.3) is 0 Å². The summed E-state index contributed by atoms with van der Waals surface area (Å²) in [5.41, 5.74) is 2.15. The molecule has 12 heteroatoms. The molecule has 1 aliphatic heterocycles. The van der Waals surface area contributed by atoms with Crippen molar-refractivity contribution in [3.63, 3.8) is 0 Å². The smallest absolute Gasteiger partial charge is 0.460 e. The highest BCUT2D eigenvalue weighted by Gasteiger charge is 2.59. The fourth-order valence-corrected chi connectivity index (χ4v) is 8.19. The maximum absolute atomic E-state index is 14.1. The van der Waals surface area contributed by atoms with E-state index in [0.717, 1.165) is 22.4 Å². The minimum Gasteiger partial charge on any atom is -0.497 e. The molecule has 10 nitrogen and oxygen atoms in total. The van der Waals surface area contributed by atoms with Crippen molar-refractivity contribution < 1.29 is 33.4 Å². The number of methoxy groups -OCH3 is 1. The summed E-state index contributed by atoms with van der Waals surface area (Å²) in [7, 11) is -0.820. The first-order valence-electron chi connectivity index (χ1n) is 16.5. The van der Waals surface area contributed by atoms with Crippen LogP contribution in [-0.2, 0) is 32.0 Å². The van der Waals surface area contributed by atoms with Crippen LogP contribution in [0.4, 0.5) is 9.59 Å². The monoisotopic (exact) mass is 679 g/mol. The van der Waals surface area contributed by atoms with Crippen molar-refractivity contribution in [3.05, 3.63) is 52.7 Å². The third kappa shape index (κ3) is 8.86. The van der Waals surface area contributed by atoms with Gasteiger partial charge in [0.1, 0.15) is 23.0 Å². The van der Waals surface area contributed by atoms with Gasteiger partial charge in [-0.15, -0.1) is 0 Å². The van der Waals surface area contributed by atoms with Crippen LogP contribution in [0.15, 0.2) is 30.5 Å². The fraction of sp³-hybridized carbons (Fsp3) is 0.583. The number of aryl methyl sites for hydroxylation is 2. The number of nitrogens with zero attached hydrogens (tertiary/aromatic N) is 2. The number of amides is 2. The second kappa shape index (κ2) is 14.1. The van der Waals surface area contributed by atoms with Crippen LogP contribution in [0, 0.1) is 19.8 Å². The van der Waals surface area contributed by atoms with Crippen molar-refractivity contribution in [2.24, 2.45) is 5.92 Å². The normalized spacial score (nSPS) is 17.0. The molecule has 1 aromatic heterocycles. The van der Waals surface area contributed by atoms with Crippen molar-refractivity contribution in [2.45, 2.75) is 125 Å². The summed E-state index contributed by atoms with van der Waals surface area (Å²) in [5, 5.41) is 2.94. The number of carbonyl (C=O) groups excluding carboxylic acids is 4. The number of carbonyl (C=O) groups is 4. The van der Waals surface area contributed by atoms with Gasteiger partial charge in [-0.2, -0.15) is 0 Å². The topological polar surface area (TPSA) is 124 Å². The average molecular weight is 680 g/mol. The number of ether oxygens (including phenoxy) is 3. The van der Waals surface area contributed by atoms with E-state index in [1.165, 1.54) is 6.20 Å². The molecule has 1 aliphatic rings. The molecule has 0 unspecified atom stereocenters. The molecule has 48 heavy (non-hydrogen) atoms. The lowest BCUT2D eigenvalue weighted by molar-refractivity contribution is -0.155. The average Bonchev–Trinajstić information content (AvgIpc) is 2.91. The van der Waals surface area contributed by atoms with Crippen molar-refractivity contribution in [1.29, 1.82) is 0 Å². The Morgan fingerprint density at radius 2 is 1.44 bits per heavy atom. The highest BCUT2D eigenvalue weighted by atomic mass is 28.3. The predicted octanol–water partition coefficient (Wildman–Crippen LogP) is 6.13. The molecule has 2 amide bonds. The lowest BCUT2D eigenvalue weighted by Gasteiger charge is -2.57. The van der Waals surface area contributed by atoms with Crippen LogP contribution in [-0.4, -0.2) is 72.4 Å². The van der Waals surface area contributed by atoms with Gasteiger partial charge < -0.3 is 24.1 Å². The van der Waals surface area contributed by atoms with E-state index in [4.69, 9.17) is 14.2 Å². The highest BCUT2D eigenvalue weighted by molar-refractivity contribution is 7.16. The van der Waals surface area contributed by atoms with Crippen LogP contribution in [0.2, 0.25) is 18.1 Å². The van der Waals surface area contributed by atoms with E-state index in [-0.39, 0.29) is 28.9 Å². The van der Waals surface area contributed by atoms with E-state index in [1.807, 2.05) is 30.5 Å². The van der Waals surface area contributed by atoms with E-state index >= 15 is 0 Å². The molecule has 2 atom stereocenters. The first-order chi connectivity index (χ1) is 21.9. The number of nitrogens with one attached hydrogen (secondary N) is 1. The SMILES string of the molecule is COc1cc(C)c(CNC(=O)[C@@H]2[C@@H](Cc3ccnc(B(C(=O)OC(C)(C)C)C(=O)OC(C)(C)C)c3)C(=O)N2[Si](C)(C)C(C)(C)C)c(C)c1. The van der Waals surface area contributed by atoms with E-state index in [2.05, 4.69) is 44.2 Å². The molecule has 1 N–H and O–H groups in total. The van der Waals surface area contributed by atoms with Crippen LogP contribution >= 0.6 is 0 Å². The second-order valence-electron chi connectivity index (χ2n) is 16.3. The molecule has 1 aromatic carbocycles. The molecule has 2 heterocycles. The first-order valence-corrected chi connectivity index (χ1v) is 19.5. The van der Waals surface area contributed by atoms with E-state index in [9.17, 15) is 19.2 Å². The summed E-state index contributed by atoms with van der Waals surface area (Å²) in [6.45, 7) is 23.8. The standard InChI is InChI=1S/C36H54BN3O7Si/c1-22-17-25(45-12)18-23(2)27(22)21-39-30(41)29-26(31(42)40(29)48(13,14)36(9,10)11)19-24-15-16-38-28(20-24)37(32(43)46-34(3,4)5)33(44)47-35(6,7)8/h15-18,20,26,29H,19,21H2,1-14H3,(H,39,41)/t26-,29+/m1/s1. The van der Waals surface area contributed by atoms with Crippen LogP contribution < -0.4 is 15.6 Å². The minimum atomic E-state index is -2.44. The minimum absolute atomic E-state index is 0.0762. The Morgan fingerprint density at radius 1 is 0.917 bits per heavy atom. The Morgan fingerprint density at radius 3 is 1.90 bits per heavy atom. The molecule has 0 aliphatic carbocycles. The van der Waals surface area contributed by atoms with Gasteiger partial charge in [-0.25, -0.2) is 0 Å². The molecule has 262 valence electrons. The molecule has 2 aromatic rings. The molecule has 0 bridgehead atoms. The van der Waals surface area contributed by atoms with Crippen molar-refractivity contribution >= 4 is 44.1 Å². The molecule has 1 saturated heterocycles. The summed E-state index contributed by atoms with van der Waals surface area (Å²) in [4.78, 5) is 59.0. The molecule has 3 rings (SSSR count). The third-order valence-electron chi connectivity index (χ3n) is 9.15. The zero-order chi connectivity index (χ0) is 36.6.